The Balaban J connectivity index is -0.00000112. The van der Waals surface area contributed by atoms with Gasteiger partial charge in [0.15, 0.2) is 5.90 Å². The molecule has 0 heterocycles. The standard InChI is InChI=1S/C12H23NO3.2ClH/c1-3-9-15-11(13)7-5-6-8-12(14)16-10-4-2;;/h13H,3-10H2,1-2H3;2*1H. The second-order valence-corrected chi connectivity index (χ2v) is 3.70. The fourth-order valence-electron chi connectivity index (χ4n) is 1.14. The molecule has 0 atom stereocenters. The zero-order valence-electron chi connectivity index (χ0n) is 11.2. The number of hydrogen-bond donors (Lipinski definition) is 1. The normalized spacial score (nSPS) is 8.78. The highest BCUT2D eigenvalue weighted by molar-refractivity contribution is 5.85. The van der Waals surface area contributed by atoms with Gasteiger partial charge in [0.1, 0.15) is 0 Å². The Bertz CT molecular complexity index is 191. The molecule has 0 radical (unpaired) electrons. The highest BCUT2D eigenvalue weighted by Crippen LogP contribution is 2.03. The van der Waals surface area contributed by atoms with Crippen molar-refractivity contribution in [3.05, 3.63) is 0 Å². The summed E-state index contributed by atoms with van der Waals surface area (Å²) in [6.07, 6.45) is 4.42. The molecular weight excluding hydrogens is 277 g/mol. The van der Waals surface area contributed by atoms with Crippen molar-refractivity contribution in [2.45, 2.75) is 52.4 Å². The van der Waals surface area contributed by atoms with Gasteiger partial charge in [-0.3, -0.25) is 10.2 Å². The molecule has 0 aromatic carbocycles. The van der Waals surface area contributed by atoms with Gasteiger partial charge in [0, 0.05) is 12.8 Å². The summed E-state index contributed by atoms with van der Waals surface area (Å²) in [5.74, 6) is 0.187. The van der Waals surface area contributed by atoms with Gasteiger partial charge in [-0.25, -0.2) is 0 Å². The number of carbonyl (C=O) groups excluding carboxylic acids is 1. The maximum atomic E-state index is 11.1. The predicted molar refractivity (Wildman–Crippen MR) is 78.2 cm³/mol. The predicted octanol–water partition coefficient (Wildman–Crippen LogP) is 3.75. The van der Waals surface area contributed by atoms with E-state index in [1.165, 1.54) is 0 Å². The molecule has 0 aromatic heterocycles. The molecule has 0 amide bonds. The van der Waals surface area contributed by atoms with E-state index in [2.05, 4.69) is 0 Å². The topological polar surface area (TPSA) is 59.4 Å². The summed E-state index contributed by atoms with van der Waals surface area (Å²) in [6.45, 7) is 5.10. The van der Waals surface area contributed by atoms with E-state index in [-0.39, 0.29) is 30.8 Å². The minimum absolute atomic E-state index is 0. The molecule has 4 nitrogen and oxygen atoms in total. The molecule has 0 aliphatic heterocycles. The van der Waals surface area contributed by atoms with Crippen molar-refractivity contribution in [1.82, 2.24) is 0 Å². The largest absolute Gasteiger partial charge is 0.481 e. The van der Waals surface area contributed by atoms with Crippen LogP contribution in [0, 0.1) is 5.41 Å². The van der Waals surface area contributed by atoms with Crippen LogP contribution in [-0.4, -0.2) is 25.1 Å². The van der Waals surface area contributed by atoms with Crippen LogP contribution in [0.3, 0.4) is 0 Å². The molecular formula is C12H25Cl2NO3. The summed E-state index contributed by atoms with van der Waals surface area (Å²) in [7, 11) is 0. The van der Waals surface area contributed by atoms with Crippen molar-refractivity contribution in [2.75, 3.05) is 13.2 Å². The molecule has 0 fully saturated rings. The lowest BCUT2D eigenvalue weighted by atomic mass is 10.2. The SMILES string of the molecule is CCCOC(=N)CCCCC(=O)OCCC.Cl.Cl. The quantitative estimate of drug-likeness (QED) is 0.305. The molecule has 0 bridgehead atoms. The van der Waals surface area contributed by atoms with Gasteiger partial charge in [-0.2, -0.15) is 0 Å². The number of carbonyl (C=O) groups is 1. The lowest BCUT2D eigenvalue weighted by molar-refractivity contribution is -0.143. The summed E-state index contributed by atoms with van der Waals surface area (Å²) >= 11 is 0. The van der Waals surface area contributed by atoms with Crippen LogP contribution in [0.25, 0.3) is 0 Å². The van der Waals surface area contributed by atoms with E-state index in [9.17, 15) is 4.79 Å². The summed E-state index contributed by atoms with van der Waals surface area (Å²) in [4.78, 5) is 11.1. The summed E-state index contributed by atoms with van der Waals surface area (Å²) < 4.78 is 10.1. The van der Waals surface area contributed by atoms with Crippen molar-refractivity contribution in [1.29, 1.82) is 5.41 Å². The number of esters is 1. The minimum atomic E-state index is -0.136. The molecule has 0 unspecified atom stereocenters. The smallest absolute Gasteiger partial charge is 0.305 e. The molecule has 0 aromatic rings. The van der Waals surface area contributed by atoms with E-state index in [1.54, 1.807) is 0 Å². The molecule has 0 saturated carbocycles. The van der Waals surface area contributed by atoms with E-state index in [0.717, 1.165) is 25.7 Å². The third kappa shape index (κ3) is 15.5. The first kappa shape index (κ1) is 22.7. The molecule has 1 N–H and O–H groups in total. The van der Waals surface area contributed by atoms with Crippen molar-refractivity contribution < 1.29 is 14.3 Å². The minimum Gasteiger partial charge on any atom is -0.481 e. The van der Waals surface area contributed by atoms with Crippen LogP contribution < -0.4 is 0 Å². The second kappa shape index (κ2) is 16.5. The Labute approximate surface area is 122 Å². The number of unbranched alkanes of at least 4 members (excludes halogenated alkanes) is 1. The van der Waals surface area contributed by atoms with E-state index >= 15 is 0 Å². The zero-order valence-corrected chi connectivity index (χ0v) is 12.8. The van der Waals surface area contributed by atoms with Crippen LogP contribution in [0.1, 0.15) is 52.4 Å². The van der Waals surface area contributed by atoms with Gasteiger partial charge >= 0.3 is 5.97 Å². The molecule has 0 spiro atoms. The van der Waals surface area contributed by atoms with Crippen molar-refractivity contribution >= 4 is 36.7 Å². The fraction of sp³-hybridized carbons (Fsp3) is 0.833. The number of hydrogen-bond acceptors (Lipinski definition) is 4. The van der Waals surface area contributed by atoms with Crippen molar-refractivity contribution in [3.63, 3.8) is 0 Å². The van der Waals surface area contributed by atoms with E-state index < -0.39 is 0 Å². The zero-order chi connectivity index (χ0) is 12.2. The first-order valence-corrected chi connectivity index (χ1v) is 6.06. The Hall–Kier alpha value is -0.480. The van der Waals surface area contributed by atoms with Gasteiger partial charge < -0.3 is 9.47 Å². The van der Waals surface area contributed by atoms with E-state index in [0.29, 0.717) is 32.0 Å². The molecule has 18 heavy (non-hydrogen) atoms. The Morgan fingerprint density at radius 2 is 1.44 bits per heavy atom. The first-order chi connectivity index (χ1) is 7.70. The maximum absolute atomic E-state index is 11.1. The molecule has 0 saturated heterocycles. The van der Waals surface area contributed by atoms with E-state index in [1.807, 2.05) is 13.8 Å². The van der Waals surface area contributed by atoms with E-state index in [4.69, 9.17) is 14.9 Å². The molecule has 0 aliphatic carbocycles. The highest BCUT2D eigenvalue weighted by Gasteiger charge is 2.03. The van der Waals surface area contributed by atoms with Gasteiger partial charge in [0.05, 0.1) is 13.2 Å². The molecule has 0 rings (SSSR count). The lowest BCUT2D eigenvalue weighted by Gasteiger charge is -2.05. The Morgan fingerprint density at radius 3 is 2.00 bits per heavy atom. The monoisotopic (exact) mass is 301 g/mol. The van der Waals surface area contributed by atoms with Crippen molar-refractivity contribution in [3.8, 4) is 0 Å². The summed E-state index contributed by atoms with van der Waals surface area (Å²) in [5.41, 5.74) is 0. The van der Waals surface area contributed by atoms with Crippen LogP contribution in [0.2, 0.25) is 0 Å². The molecule has 110 valence electrons. The third-order valence-electron chi connectivity index (χ3n) is 1.98. The molecule has 6 heteroatoms. The second-order valence-electron chi connectivity index (χ2n) is 3.70. The highest BCUT2D eigenvalue weighted by atomic mass is 35.5. The van der Waals surface area contributed by atoms with Gasteiger partial charge in [0.25, 0.3) is 0 Å². The van der Waals surface area contributed by atoms with Gasteiger partial charge in [0.2, 0.25) is 0 Å². The number of halogens is 2. The van der Waals surface area contributed by atoms with Crippen LogP contribution in [-0.2, 0) is 14.3 Å². The van der Waals surface area contributed by atoms with Crippen molar-refractivity contribution in [2.24, 2.45) is 0 Å². The van der Waals surface area contributed by atoms with Gasteiger partial charge in [-0.1, -0.05) is 13.8 Å². The Morgan fingerprint density at radius 1 is 0.944 bits per heavy atom. The molecule has 0 aliphatic rings. The average molecular weight is 302 g/mol. The van der Waals surface area contributed by atoms with Gasteiger partial charge in [-0.15, -0.1) is 24.8 Å². The van der Waals surface area contributed by atoms with Crippen LogP contribution >= 0.6 is 24.8 Å². The summed E-state index contributed by atoms with van der Waals surface area (Å²) in [5, 5.41) is 7.45. The fourth-order valence-corrected chi connectivity index (χ4v) is 1.14. The average Bonchev–Trinajstić information content (AvgIpc) is 2.29. The van der Waals surface area contributed by atoms with Crippen LogP contribution in [0.4, 0.5) is 0 Å². The van der Waals surface area contributed by atoms with Crippen LogP contribution in [0.5, 0.6) is 0 Å². The number of ether oxygens (including phenoxy) is 2. The summed E-state index contributed by atoms with van der Waals surface area (Å²) in [6, 6.07) is 0. The lowest BCUT2D eigenvalue weighted by Crippen LogP contribution is -2.06. The van der Waals surface area contributed by atoms with Crippen LogP contribution in [0.15, 0.2) is 0 Å². The number of nitrogens with one attached hydrogen (secondary N) is 1. The van der Waals surface area contributed by atoms with Gasteiger partial charge in [-0.05, 0) is 25.7 Å². The maximum Gasteiger partial charge on any atom is 0.305 e. The first-order valence-electron chi connectivity index (χ1n) is 6.06. The number of rotatable bonds is 9. The Kier molecular flexibility index (Phi) is 20.8. The third-order valence-corrected chi connectivity index (χ3v) is 1.98.